The monoisotopic (exact) mass is 159 g/mol. The molecule has 0 amide bonds. The van der Waals surface area contributed by atoms with Gasteiger partial charge in [0.25, 0.3) is 5.09 Å². The predicted molar refractivity (Wildman–Crippen MR) is 26.1 cm³/mol. The minimum absolute atomic E-state index is 0. The lowest BCUT2D eigenvalue weighted by atomic mass is 11.5. The molecule has 0 bridgehead atoms. The highest BCUT2D eigenvalue weighted by Gasteiger charge is 1.65. The lowest BCUT2D eigenvalue weighted by Crippen LogP contribution is -2.37. The van der Waals surface area contributed by atoms with E-state index in [0.29, 0.717) is 0 Å². The second kappa shape index (κ2) is 15.7. The van der Waals surface area contributed by atoms with Crippen molar-refractivity contribution in [2.45, 2.75) is 0 Å². The normalized spacial score (nSPS) is 4.80. The molecule has 0 saturated carbocycles. The molecular weight excluding hydrogens is 150 g/mol. The third kappa shape index (κ3) is 71.6. The Morgan fingerprint density at radius 3 is 1.30 bits per heavy atom. The summed E-state index contributed by atoms with van der Waals surface area (Å²) in [4.78, 5) is 16.7. The van der Waals surface area contributed by atoms with Gasteiger partial charge in [0.2, 0.25) is 0 Å². The first-order chi connectivity index (χ1) is 3.46. The van der Waals surface area contributed by atoms with Crippen molar-refractivity contribution in [2.75, 3.05) is 0 Å². The third-order valence-electron chi connectivity index (χ3n) is 0. The highest BCUT2D eigenvalue weighted by atomic mass is 16.9. The maximum absolute atomic E-state index is 8.36. The van der Waals surface area contributed by atoms with Crippen LogP contribution < -0.4 is 22.5 Å². The van der Waals surface area contributed by atoms with E-state index in [0.717, 1.165) is 0 Å². The van der Waals surface area contributed by atoms with Crippen LogP contribution in [0.3, 0.4) is 0 Å². The highest BCUT2D eigenvalue weighted by Crippen LogP contribution is 1.38. The Labute approximate surface area is 55.2 Å². The largest absolute Gasteiger partial charge is 0.652 e. The maximum atomic E-state index is 8.36. The van der Waals surface area contributed by atoms with Crippen LogP contribution in [0.4, 0.5) is 4.79 Å². The van der Waals surface area contributed by atoms with Gasteiger partial charge in [0.05, 0.1) is 0 Å². The smallest absolute Gasteiger partial charge is 0.291 e. The maximum Gasteiger partial charge on any atom is 0.291 e. The molecule has 0 aliphatic rings. The predicted octanol–water partition coefficient (Wildman–Crippen LogP) is -2.04. The van der Waals surface area contributed by atoms with Gasteiger partial charge in [-0.25, -0.2) is 0 Å². The van der Waals surface area contributed by atoms with Crippen LogP contribution in [-0.2, 0) is 0 Å². The fourth-order valence-electron chi connectivity index (χ4n) is 0. The standard InChI is InChI=1S/CH2O3.HNO3.2H3N/c2*2-1(3)4;;/h(H2,2,3,4);(H,2,3,4);2*1H3. The van der Waals surface area contributed by atoms with Crippen LogP contribution in [0.15, 0.2) is 0 Å². The number of carbonyl (C=O) groups is 1. The average Bonchev–Trinajstić information content (AvgIpc) is 1.25. The number of hydrogen-bond donors (Lipinski definition) is 3. The molecule has 0 saturated heterocycles. The van der Waals surface area contributed by atoms with Crippen molar-refractivity contribution in [1.29, 1.82) is 0 Å². The van der Waals surface area contributed by atoms with E-state index in [1.165, 1.54) is 0 Å². The second-order valence-corrected chi connectivity index (χ2v) is 0.488. The number of carboxylic acid groups (broad SMARTS) is 2. The summed E-state index contributed by atoms with van der Waals surface area (Å²) in [5, 5.41) is 30.3. The van der Waals surface area contributed by atoms with Gasteiger partial charge in [-0.05, 0) is 6.16 Å². The van der Waals surface area contributed by atoms with E-state index in [2.05, 4.69) is 0 Å². The van der Waals surface area contributed by atoms with Gasteiger partial charge < -0.3 is 32.5 Å². The second-order valence-electron chi connectivity index (χ2n) is 0.488. The molecule has 0 atom stereocenters. The zero-order valence-electron chi connectivity index (χ0n) is 5.44. The first-order valence-corrected chi connectivity index (χ1v) is 1.18. The molecule has 0 heterocycles. The molecule has 0 aliphatic carbocycles. The fourth-order valence-corrected chi connectivity index (χ4v) is 0. The van der Waals surface area contributed by atoms with Crippen LogP contribution in [0, 0.1) is 10.1 Å². The Hall–Kier alpha value is -1.61. The Morgan fingerprint density at radius 1 is 1.30 bits per heavy atom. The molecule has 0 unspecified atom stereocenters. The van der Waals surface area contributed by atoms with E-state index < -0.39 is 11.2 Å². The first-order valence-electron chi connectivity index (χ1n) is 1.18. The van der Waals surface area contributed by atoms with Crippen molar-refractivity contribution in [2.24, 2.45) is 0 Å². The first kappa shape index (κ1) is 23.8. The molecule has 0 rings (SSSR count). The van der Waals surface area contributed by atoms with E-state index in [9.17, 15) is 0 Å². The molecule has 0 spiro atoms. The summed E-state index contributed by atoms with van der Waals surface area (Å²) < 4.78 is 0. The summed E-state index contributed by atoms with van der Waals surface area (Å²) in [6, 6.07) is 0. The molecule has 0 aliphatic heterocycles. The Balaban J connectivity index is -0.0000000300. The van der Waals surface area contributed by atoms with Gasteiger partial charge in [-0.3, -0.25) is 0 Å². The van der Waals surface area contributed by atoms with Crippen LogP contribution in [0.2, 0.25) is 0 Å². The lowest BCUT2D eigenvalue weighted by molar-refractivity contribution is -0.742. The Morgan fingerprint density at radius 2 is 1.30 bits per heavy atom. The minimum atomic E-state index is -2.33. The van der Waals surface area contributed by atoms with E-state index >= 15 is 0 Å². The number of hydrogen-bond acceptors (Lipinski definition) is 5. The highest BCUT2D eigenvalue weighted by molar-refractivity contribution is 5.47. The summed E-state index contributed by atoms with van der Waals surface area (Å²) in [6.07, 6.45) is -2.33. The summed E-state index contributed by atoms with van der Waals surface area (Å²) >= 11 is 0. The molecule has 0 aromatic rings. The van der Waals surface area contributed by atoms with Crippen molar-refractivity contribution >= 4 is 6.16 Å². The summed E-state index contributed by atoms with van der Waals surface area (Å²) in [5.41, 5.74) is 0. The Kier molecular flexibility index (Phi) is 37.2. The molecule has 10 heavy (non-hydrogen) atoms. The summed E-state index contributed by atoms with van der Waals surface area (Å²) in [7, 11) is 0. The Bertz CT molecular complexity index is 71.0. The van der Waals surface area contributed by atoms with E-state index in [1.54, 1.807) is 0 Å². The molecule has 0 radical (unpaired) electrons. The van der Waals surface area contributed by atoms with Crippen LogP contribution >= 0.6 is 0 Å². The van der Waals surface area contributed by atoms with Crippen molar-refractivity contribution in [1.82, 2.24) is 12.3 Å². The van der Waals surface area contributed by atoms with Gasteiger partial charge in [0.15, 0.2) is 0 Å². The quantitative estimate of drug-likeness (QED) is 0.268. The van der Waals surface area contributed by atoms with Gasteiger partial charge in [-0.1, -0.05) is 0 Å². The molecule has 9 N–H and O–H groups in total. The molecular formula is CH9N3O6. The molecule has 0 aromatic heterocycles. The van der Waals surface area contributed by atoms with Gasteiger partial charge in [-0.2, -0.15) is 0 Å². The van der Waals surface area contributed by atoms with Gasteiger partial charge >= 0.3 is 0 Å². The zero-order chi connectivity index (χ0) is 7.15. The number of nitrogens with zero attached hydrogens (tertiary/aromatic N) is 1. The van der Waals surface area contributed by atoms with Crippen molar-refractivity contribution in [3.8, 4) is 0 Å². The van der Waals surface area contributed by atoms with Crippen molar-refractivity contribution in [3.63, 3.8) is 0 Å². The van der Waals surface area contributed by atoms with Gasteiger partial charge in [0.1, 0.15) is 0 Å². The lowest BCUT2D eigenvalue weighted by Gasteiger charge is -1.96. The average molecular weight is 159 g/mol. The fraction of sp³-hybridized carbons (Fsp3) is 0. The molecule has 9 heteroatoms. The van der Waals surface area contributed by atoms with E-state index in [-0.39, 0.29) is 12.3 Å². The van der Waals surface area contributed by atoms with Crippen LogP contribution in [0.25, 0.3) is 0 Å². The van der Waals surface area contributed by atoms with E-state index in [1.807, 2.05) is 0 Å². The van der Waals surface area contributed by atoms with Crippen molar-refractivity contribution < 1.29 is 25.3 Å². The van der Waals surface area contributed by atoms with Crippen LogP contribution in [0.1, 0.15) is 0 Å². The van der Waals surface area contributed by atoms with E-state index in [4.69, 9.17) is 30.3 Å². The third-order valence-corrected chi connectivity index (χ3v) is 0. The molecule has 64 valence electrons. The number of rotatable bonds is 0. The molecule has 9 nitrogen and oxygen atoms in total. The van der Waals surface area contributed by atoms with Crippen molar-refractivity contribution in [3.05, 3.63) is 10.1 Å². The number of quaternary nitrogens is 2. The molecule has 0 aromatic carbocycles. The summed E-state index contributed by atoms with van der Waals surface area (Å²) in [5.74, 6) is 0. The number of carbonyl (C=O) groups excluding carboxylic acids is 1. The minimum Gasteiger partial charge on any atom is -0.652 e. The van der Waals surface area contributed by atoms with Crippen LogP contribution in [0.5, 0.6) is 0 Å². The molecule has 0 fully saturated rings. The van der Waals surface area contributed by atoms with Gasteiger partial charge in [0, 0.05) is 0 Å². The SMILES string of the molecule is O=C([O-])[O-].O=[N+]([O-])O.[NH4+].[NH4+]. The van der Waals surface area contributed by atoms with Gasteiger partial charge in [-0.15, -0.1) is 10.1 Å². The topological polar surface area (TPSA) is 200 Å². The summed E-state index contributed by atoms with van der Waals surface area (Å²) in [6.45, 7) is 0. The van der Waals surface area contributed by atoms with Crippen LogP contribution in [-0.4, -0.2) is 16.4 Å². The zero-order valence-corrected chi connectivity index (χ0v) is 5.44.